The van der Waals surface area contributed by atoms with Crippen molar-refractivity contribution in [1.82, 2.24) is 15.0 Å². The molecule has 3 heterocycles. The highest BCUT2D eigenvalue weighted by molar-refractivity contribution is 5.75. The summed E-state index contributed by atoms with van der Waals surface area (Å²) in [5.74, 6) is 1.97. The summed E-state index contributed by atoms with van der Waals surface area (Å²) < 4.78 is 16.7. The highest BCUT2D eigenvalue weighted by atomic mass is 16.5. The van der Waals surface area contributed by atoms with Crippen LogP contribution in [0.25, 0.3) is 0 Å². The van der Waals surface area contributed by atoms with Crippen molar-refractivity contribution in [3.05, 3.63) is 11.7 Å². The minimum atomic E-state index is 0.121. The Balaban J connectivity index is 1.41. The molecule has 0 aliphatic carbocycles. The second kappa shape index (κ2) is 8.58. The molecule has 134 valence electrons. The van der Waals surface area contributed by atoms with E-state index in [9.17, 15) is 4.79 Å². The molecule has 0 radical (unpaired) electrons. The average Bonchev–Trinajstić information content (AvgIpc) is 3.11. The summed E-state index contributed by atoms with van der Waals surface area (Å²) in [7, 11) is 0. The summed E-state index contributed by atoms with van der Waals surface area (Å²) in [6, 6.07) is 0. The normalized spacial score (nSPS) is 22.7. The topological polar surface area (TPSA) is 77.7 Å². The Morgan fingerprint density at radius 2 is 2.17 bits per heavy atom. The summed E-state index contributed by atoms with van der Waals surface area (Å²) >= 11 is 0. The van der Waals surface area contributed by atoms with Crippen LogP contribution in [-0.4, -0.2) is 60.0 Å². The van der Waals surface area contributed by atoms with E-state index in [1.807, 2.05) is 11.8 Å². The van der Waals surface area contributed by atoms with Gasteiger partial charge >= 0.3 is 0 Å². The standard InChI is InChI=1S/C17H27N3O4/c1-2-16(21)20-8-3-4-14(12-20)23-11-7-15-18-17(24-19-15)13-5-9-22-10-6-13/h13-14H,2-12H2,1H3. The quantitative estimate of drug-likeness (QED) is 0.789. The molecule has 2 saturated heterocycles. The summed E-state index contributed by atoms with van der Waals surface area (Å²) in [6.07, 6.45) is 5.23. The number of rotatable bonds is 6. The number of amides is 1. The van der Waals surface area contributed by atoms with Crippen LogP contribution >= 0.6 is 0 Å². The predicted octanol–water partition coefficient (Wildman–Crippen LogP) is 1.92. The first-order chi connectivity index (χ1) is 11.8. The number of carbonyl (C=O) groups excluding carboxylic acids is 1. The minimum absolute atomic E-state index is 0.121. The van der Waals surface area contributed by atoms with Crippen LogP contribution in [0.15, 0.2) is 4.52 Å². The van der Waals surface area contributed by atoms with E-state index in [1.165, 1.54) is 0 Å². The third kappa shape index (κ3) is 4.54. The first-order valence-electron chi connectivity index (χ1n) is 9.06. The molecule has 7 heteroatoms. The lowest BCUT2D eigenvalue weighted by molar-refractivity contribution is -0.135. The highest BCUT2D eigenvalue weighted by Gasteiger charge is 2.24. The van der Waals surface area contributed by atoms with Gasteiger partial charge in [-0.2, -0.15) is 4.98 Å². The second-order valence-electron chi connectivity index (χ2n) is 6.51. The van der Waals surface area contributed by atoms with E-state index in [0.29, 0.717) is 37.7 Å². The van der Waals surface area contributed by atoms with Crippen molar-refractivity contribution in [3.63, 3.8) is 0 Å². The zero-order chi connectivity index (χ0) is 16.8. The van der Waals surface area contributed by atoms with Crippen LogP contribution in [0.4, 0.5) is 0 Å². The number of hydrogen-bond donors (Lipinski definition) is 0. The van der Waals surface area contributed by atoms with E-state index in [2.05, 4.69) is 10.1 Å². The van der Waals surface area contributed by atoms with Gasteiger partial charge in [-0.1, -0.05) is 12.1 Å². The van der Waals surface area contributed by atoms with Gasteiger partial charge in [-0.25, -0.2) is 0 Å². The molecule has 2 aliphatic heterocycles. The molecular weight excluding hydrogens is 310 g/mol. The van der Waals surface area contributed by atoms with Crippen LogP contribution in [0.1, 0.15) is 56.7 Å². The van der Waals surface area contributed by atoms with Crippen molar-refractivity contribution in [1.29, 1.82) is 0 Å². The molecule has 1 amide bonds. The Bertz CT molecular complexity index is 528. The van der Waals surface area contributed by atoms with E-state index >= 15 is 0 Å². The van der Waals surface area contributed by atoms with Crippen molar-refractivity contribution in [2.24, 2.45) is 0 Å². The van der Waals surface area contributed by atoms with Crippen molar-refractivity contribution < 1.29 is 18.8 Å². The van der Waals surface area contributed by atoms with Crippen molar-refractivity contribution in [2.75, 3.05) is 32.9 Å². The molecule has 1 aromatic rings. The van der Waals surface area contributed by atoms with E-state index < -0.39 is 0 Å². The summed E-state index contributed by atoms with van der Waals surface area (Å²) in [6.45, 7) is 5.54. The molecule has 1 aromatic heterocycles. The Morgan fingerprint density at radius 3 is 2.96 bits per heavy atom. The van der Waals surface area contributed by atoms with Crippen LogP contribution in [0.2, 0.25) is 0 Å². The molecule has 1 unspecified atom stereocenters. The lowest BCUT2D eigenvalue weighted by Gasteiger charge is -2.32. The Hall–Kier alpha value is -1.47. The van der Waals surface area contributed by atoms with E-state index in [1.54, 1.807) is 0 Å². The molecule has 1 atom stereocenters. The molecule has 7 nitrogen and oxygen atoms in total. The van der Waals surface area contributed by atoms with Crippen molar-refractivity contribution >= 4 is 5.91 Å². The first-order valence-corrected chi connectivity index (χ1v) is 9.06. The molecule has 24 heavy (non-hydrogen) atoms. The Morgan fingerprint density at radius 1 is 1.33 bits per heavy atom. The average molecular weight is 337 g/mol. The fourth-order valence-corrected chi connectivity index (χ4v) is 3.32. The maximum Gasteiger partial charge on any atom is 0.229 e. The summed E-state index contributed by atoms with van der Waals surface area (Å²) in [4.78, 5) is 18.2. The Labute approximate surface area is 142 Å². The van der Waals surface area contributed by atoms with Crippen molar-refractivity contribution in [3.8, 4) is 0 Å². The van der Waals surface area contributed by atoms with Gasteiger partial charge in [0, 0.05) is 45.1 Å². The number of nitrogens with zero attached hydrogens (tertiary/aromatic N) is 3. The SMILES string of the molecule is CCC(=O)N1CCCC(OCCc2noc(C3CCOCC3)n2)C1. The van der Waals surface area contributed by atoms with Gasteiger partial charge in [0.25, 0.3) is 0 Å². The molecule has 2 aliphatic rings. The van der Waals surface area contributed by atoms with E-state index in [-0.39, 0.29) is 12.0 Å². The van der Waals surface area contributed by atoms with Crippen molar-refractivity contribution in [2.45, 2.75) is 57.5 Å². The lowest BCUT2D eigenvalue weighted by Crippen LogP contribution is -2.43. The fraction of sp³-hybridized carbons (Fsp3) is 0.824. The molecule has 0 spiro atoms. The van der Waals surface area contributed by atoms with Gasteiger partial charge in [-0.05, 0) is 25.7 Å². The predicted molar refractivity (Wildman–Crippen MR) is 86.6 cm³/mol. The van der Waals surface area contributed by atoms with Crippen LogP contribution in [0.5, 0.6) is 0 Å². The molecule has 0 bridgehead atoms. The molecular formula is C17H27N3O4. The fourth-order valence-electron chi connectivity index (χ4n) is 3.32. The van der Waals surface area contributed by atoms with Gasteiger partial charge in [-0.3, -0.25) is 4.79 Å². The van der Waals surface area contributed by atoms with Gasteiger partial charge in [0.2, 0.25) is 11.8 Å². The number of hydrogen-bond acceptors (Lipinski definition) is 6. The minimum Gasteiger partial charge on any atom is -0.381 e. The van der Waals surface area contributed by atoms with E-state index in [0.717, 1.165) is 51.3 Å². The van der Waals surface area contributed by atoms with Gasteiger partial charge in [0.1, 0.15) is 0 Å². The number of aromatic nitrogens is 2. The molecule has 2 fully saturated rings. The maximum atomic E-state index is 11.8. The van der Waals surface area contributed by atoms with Crippen LogP contribution in [-0.2, 0) is 20.7 Å². The smallest absolute Gasteiger partial charge is 0.229 e. The number of likely N-dealkylation sites (tertiary alicyclic amines) is 1. The number of piperidine rings is 1. The monoisotopic (exact) mass is 337 g/mol. The molecule has 3 rings (SSSR count). The third-order valence-electron chi connectivity index (χ3n) is 4.77. The largest absolute Gasteiger partial charge is 0.381 e. The van der Waals surface area contributed by atoms with Crippen LogP contribution in [0.3, 0.4) is 0 Å². The Kier molecular flexibility index (Phi) is 6.20. The summed E-state index contributed by atoms with van der Waals surface area (Å²) in [5.41, 5.74) is 0. The number of carbonyl (C=O) groups is 1. The maximum absolute atomic E-state index is 11.8. The second-order valence-corrected chi connectivity index (χ2v) is 6.51. The third-order valence-corrected chi connectivity index (χ3v) is 4.77. The first kappa shape index (κ1) is 17.4. The lowest BCUT2D eigenvalue weighted by atomic mass is 10.0. The summed E-state index contributed by atoms with van der Waals surface area (Å²) in [5, 5.41) is 4.06. The van der Waals surface area contributed by atoms with Crippen LogP contribution in [0, 0.1) is 0 Å². The van der Waals surface area contributed by atoms with E-state index in [4.69, 9.17) is 14.0 Å². The van der Waals surface area contributed by atoms with Gasteiger partial charge in [0.15, 0.2) is 5.82 Å². The van der Waals surface area contributed by atoms with Gasteiger partial charge in [-0.15, -0.1) is 0 Å². The zero-order valence-corrected chi connectivity index (χ0v) is 14.4. The van der Waals surface area contributed by atoms with Gasteiger partial charge < -0.3 is 18.9 Å². The highest BCUT2D eigenvalue weighted by Crippen LogP contribution is 2.25. The molecule has 0 N–H and O–H groups in total. The zero-order valence-electron chi connectivity index (χ0n) is 14.4. The van der Waals surface area contributed by atoms with Crippen LogP contribution < -0.4 is 0 Å². The number of ether oxygens (including phenoxy) is 2. The van der Waals surface area contributed by atoms with Gasteiger partial charge in [0.05, 0.1) is 12.7 Å². The molecule has 0 saturated carbocycles. The molecule has 0 aromatic carbocycles.